The number of likely N-dealkylation sites (N-methyl/N-ethyl adjacent to an activating group) is 1. The molecule has 0 spiro atoms. The number of nitrogens with zero attached hydrogens (tertiary/aromatic N) is 3. The summed E-state index contributed by atoms with van der Waals surface area (Å²) < 4.78 is 47.8. The zero-order chi connectivity index (χ0) is 60.4. The molecule has 4 heterocycles. The Bertz CT molecular complexity index is 2470. The molecule has 1 unspecified atom stereocenters. The third-order valence-corrected chi connectivity index (χ3v) is 13.6. The molecule has 1 aromatic carbocycles. The van der Waals surface area contributed by atoms with E-state index in [1.807, 2.05) is 0 Å². The van der Waals surface area contributed by atoms with E-state index < -0.39 is 138 Å². The monoisotopic (exact) mass is 1150 g/mol. The van der Waals surface area contributed by atoms with Crippen LogP contribution in [0, 0.1) is 0 Å². The van der Waals surface area contributed by atoms with Gasteiger partial charge in [0.15, 0.2) is 11.9 Å². The second-order valence-corrected chi connectivity index (χ2v) is 25.5. The molecule has 6 rings (SSSR count). The molecule has 0 bridgehead atoms. The van der Waals surface area contributed by atoms with Gasteiger partial charge in [0.1, 0.15) is 58.2 Å². The van der Waals surface area contributed by atoms with E-state index in [9.17, 15) is 54.0 Å². The van der Waals surface area contributed by atoms with Crippen molar-refractivity contribution in [2.45, 2.75) is 210 Å². The van der Waals surface area contributed by atoms with Crippen molar-refractivity contribution in [2.24, 2.45) is 0 Å². The Morgan fingerprint density at radius 1 is 0.741 bits per heavy atom. The number of aliphatic hydroxyl groups is 4. The molecule has 1 saturated carbocycles. The van der Waals surface area contributed by atoms with Gasteiger partial charge >= 0.3 is 24.4 Å². The number of β-amino-alcohol motifs (C(OH)–C–C–N with tert-alkyl or cyclic N) is 1. The third-order valence-electron chi connectivity index (χ3n) is 13.6. The van der Waals surface area contributed by atoms with Gasteiger partial charge in [0.05, 0.1) is 55.0 Å². The maximum absolute atomic E-state index is 14.5. The molecule has 454 valence electrons. The summed E-state index contributed by atoms with van der Waals surface area (Å²) in [6.07, 6.45) is -12.3. The van der Waals surface area contributed by atoms with Gasteiger partial charge in [-0.3, -0.25) is 19.3 Å². The van der Waals surface area contributed by atoms with E-state index in [1.165, 1.54) is 23.8 Å². The summed E-state index contributed by atoms with van der Waals surface area (Å²) in [4.78, 5) is 97.5. The minimum absolute atomic E-state index is 0.0684. The first-order valence-electron chi connectivity index (χ1n) is 27.3. The highest BCUT2D eigenvalue weighted by atomic mass is 16.7. The lowest BCUT2D eigenvalue weighted by Crippen LogP contribution is -2.71. The third kappa shape index (κ3) is 16.9. The zero-order valence-electron chi connectivity index (χ0n) is 49.0. The van der Waals surface area contributed by atoms with E-state index in [2.05, 4.69) is 21.3 Å². The van der Waals surface area contributed by atoms with Crippen LogP contribution in [0.3, 0.4) is 0 Å². The molecular formula is C55H85N7O19. The quantitative estimate of drug-likeness (QED) is 0.0711. The van der Waals surface area contributed by atoms with Crippen molar-refractivity contribution in [1.82, 2.24) is 36.0 Å². The van der Waals surface area contributed by atoms with Crippen LogP contribution in [0.15, 0.2) is 36.1 Å². The SMILES string of the molecule is CN(C(=O)OC(C)(C)C)[C@@H]1[C@@H](O)[C@@H](O[C@@H]2[C@@H](O)[C@H](O[C@H]3OC(CNCCCN4C(=O)c5ccccc5C4=O)=CC[C@H]3NC(=O)OC(C)(C)C)[C@@H](NC(=O)OC(C)(C)C)C[C@H]2NC(=O)C2(O)CCN(C(=O)OC(C)(C)C)C2)OC[C@]1(C)O. The number of ether oxygens (including phenoxy) is 8. The van der Waals surface area contributed by atoms with Gasteiger partial charge in [-0.25, -0.2) is 19.2 Å². The summed E-state index contributed by atoms with van der Waals surface area (Å²) in [6.45, 7) is 20.6. The fourth-order valence-electron chi connectivity index (χ4n) is 10.0. The Balaban J connectivity index is 1.31. The average Bonchev–Trinajstić information content (AvgIpc) is 3.88. The molecule has 5 aliphatic rings. The summed E-state index contributed by atoms with van der Waals surface area (Å²) in [5.74, 6) is -1.45. The summed E-state index contributed by atoms with van der Waals surface area (Å²) in [7, 11) is 1.30. The van der Waals surface area contributed by atoms with Crippen LogP contribution in [0.5, 0.6) is 0 Å². The van der Waals surface area contributed by atoms with Gasteiger partial charge in [-0.05, 0) is 134 Å². The van der Waals surface area contributed by atoms with E-state index in [0.29, 0.717) is 29.9 Å². The number of hydrogen-bond acceptors (Lipinski definition) is 20. The van der Waals surface area contributed by atoms with Crippen LogP contribution < -0.4 is 21.3 Å². The fourth-order valence-corrected chi connectivity index (χ4v) is 10.0. The highest BCUT2D eigenvalue weighted by Gasteiger charge is 2.56. The van der Waals surface area contributed by atoms with E-state index in [4.69, 9.17) is 37.9 Å². The van der Waals surface area contributed by atoms with Crippen LogP contribution in [0.4, 0.5) is 19.2 Å². The molecule has 26 nitrogen and oxygen atoms in total. The van der Waals surface area contributed by atoms with Crippen LogP contribution >= 0.6 is 0 Å². The van der Waals surface area contributed by atoms with Gasteiger partial charge < -0.3 is 89.4 Å². The zero-order valence-corrected chi connectivity index (χ0v) is 49.0. The average molecular weight is 1150 g/mol. The number of hydrogen-bond donors (Lipinski definition) is 8. The molecule has 0 radical (unpaired) electrons. The summed E-state index contributed by atoms with van der Waals surface area (Å²) in [5.41, 5.74) is -7.28. The van der Waals surface area contributed by atoms with Crippen LogP contribution in [0.25, 0.3) is 0 Å². The van der Waals surface area contributed by atoms with Crippen molar-refractivity contribution in [2.75, 3.05) is 46.4 Å². The molecule has 2 saturated heterocycles. The van der Waals surface area contributed by atoms with Gasteiger partial charge in [-0.1, -0.05) is 12.1 Å². The highest BCUT2D eigenvalue weighted by Crippen LogP contribution is 2.36. The van der Waals surface area contributed by atoms with Crippen LogP contribution in [0.1, 0.15) is 136 Å². The van der Waals surface area contributed by atoms with E-state index in [1.54, 1.807) is 113 Å². The predicted molar refractivity (Wildman–Crippen MR) is 287 cm³/mol. The fraction of sp³-hybridized carbons (Fsp3) is 0.727. The topological polar surface area (TPSA) is 332 Å². The minimum atomic E-state index is -2.21. The van der Waals surface area contributed by atoms with Crippen molar-refractivity contribution >= 4 is 42.1 Å². The number of nitrogens with one attached hydrogen (secondary N) is 4. The molecule has 81 heavy (non-hydrogen) atoms. The van der Waals surface area contributed by atoms with E-state index in [0.717, 1.165) is 4.90 Å². The number of rotatable bonds is 15. The summed E-state index contributed by atoms with van der Waals surface area (Å²) >= 11 is 0. The molecule has 26 heteroatoms. The smallest absolute Gasteiger partial charge is 0.410 e. The highest BCUT2D eigenvalue weighted by molar-refractivity contribution is 6.21. The normalized spacial score (nSPS) is 29.9. The first-order valence-corrected chi connectivity index (χ1v) is 27.3. The Kier molecular flexibility index (Phi) is 19.8. The first-order chi connectivity index (χ1) is 37.3. The molecule has 3 fully saturated rings. The minimum Gasteiger partial charge on any atom is -0.466 e. The van der Waals surface area contributed by atoms with Gasteiger partial charge in [-0.2, -0.15) is 0 Å². The lowest BCUT2D eigenvalue weighted by Gasteiger charge is -2.50. The van der Waals surface area contributed by atoms with Crippen molar-refractivity contribution in [3.05, 3.63) is 47.2 Å². The van der Waals surface area contributed by atoms with Crippen molar-refractivity contribution < 1.29 is 91.9 Å². The largest absolute Gasteiger partial charge is 0.466 e. The number of likely N-dealkylation sites (tertiary alicyclic amines) is 1. The Hall–Kier alpha value is -5.87. The molecule has 0 aromatic heterocycles. The lowest BCUT2D eigenvalue weighted by molar-refractivity contribution is -0.311. The molecule has 1 aliphatic carbocycles. The second kappa shape index (κ2) is 24.9. The predicted octanol–water partition coefficient (Wildman–Crippen LogP) is 2.77. The number of alkyl carbamates (subject to hydrolysis) is 2. The molecule has 4 aliphatic heterocycles. The molecular weight excluding hydrogens is 1060 g/mol. The Labute approximate surface area is 472 Å². The summed E-state index contributed by atoms with van der Waals surface area (Å²) in [5, 5.41) is 59.9. The molecule has 12 atom stereocenters. The Morgan fingerprint density at radius 2 is 1.27 bits per heavy atom. The van der Waals surface area contributed by atoms with Gasteiger partial charge in [0, 0.05) is 26.6 Å². The number of benzene rings is 1. The standard InChI is InChI=1S/C55H85N7O19/c1-50(2,3)78-46(68)58-33-21-20-30(27-56-23-17-24-62-41(65)31-18-15-16-19-32(31)42(62)66)75-43(33)76-39-35(59-47(69)79-51(4,5)6)26-34(57-45(67)55(73)22-25-61(28-55)49(71)81-53(10,11)12)38(36(39)63)77-44-37(64)40(54(13,72)29-74-44)60(14)48(70)80-52(7,8)9/h15-16,18-20,33-40,43-44,56,63-64,72-73H,17,21-29H2,1-14H3,(H,57,67)(H,58,68)(H,59,69)/t33-,34-,35+,36-,37-,38+,39-,40-,43-,44-,54+,55?/m1/s1. The van der Waals surface area contributed by atoms with Crippen molar-refractivity contribution in [3.63, 3.8) is 0 Å². The number of fused-ring (bicyclic) bond motifs is 1. The van der Waals surface area contributed by atoms with Gasteiger partial charge in [0.2, 0.25) is 6.29 Å². The Morgan fingerprint density at radius 3 is 1.83 bits per heavy atom. The maximum atomic E-state index is 14.5. The van der Waals surface area contributed by atoms with Crippen LogP contribution in [-0.2, 0) is 42.7 Å². The number of amides is 7. The first kappa shape index (κ1) is 64.3. The van der Waals surface area contributed by atoms with E-state index >= 15 is 0 Å². The molecule has 8 N–H and O–H groups in total. The second-order valence-electron chi connectivity index (χ2n) is 25.5. The molecule has 7 amide bonds. The number of aliphatic hydroxyl groups excluding tert-OH is 2. The lowest BCUT2D eigenvalue weighted by atomic mass is 9.82. The maximum Gasteiger partial charge on any atom is 0.410 e. The number of imide groups is 1. The van der Waals surface area contributed by atoms with E-state index in [-0.39, 0.29) is 50.7 Å². The molecule has 1 aromatic rings. The number of carbonyl (C=O) groups is 7. The van der Waals surface area contributed by atoms with Gasteiger partial charge in [0.25, 0.3) is 17.7 Å². The van der Waals surface area contributed by atoms with Crippen LogP contribution in [0.2, 0.25) is 0 Å². The van der Waals surface area contributed by atoms with Crippen molar-refractivity contribution in [3.8, 4) is 0 Å². The summed E-state index contributed by atoms with van der Waals surface area (Å²) in [6, 6.07) is 1.38. The van der Waals surface area contributed by atoms with Crippen molar-refractivity contribution in [1.29, 1.82) is 0 Å². The van der Waals surface area contributed by atoms with Gasteiger partial charge in [-0.15, -0.1) is 0 Å². The van der Waals surface area contributed by atoms with Crippen LogP contribution in [-0.4, -0.2) is 218 Å². The number of carbonyl (C=O) groups excluding carboxylic acids is 7.